The molecule has 0 amide bonds. The highest BCUT2D eigenvalue weighted by Gasteiger charge is 2.19. The van der Waals surface area contributed by atoms with E-state index >= 15 is 0 Å². The van der Waals surface area contributed by atoms with Crippen molar-refractivity contribution in [3.05, 3.63) is 36.5 Å². The third kappa shape index (κ3) is 54.4. The van der Waals surface area contributed by atoms with E-state index in [0.29, 0.717) is 19.3 Å². The molecule has 0 spiro atoms. The van der Waals surface area contributed by atoms with Crippen LogP contribution < -0.4 is 0 Å². The fraction of sp³-hybridized carbons (Fsp3) is 0.852. The Kier molecular flexibility index (Phi) is 54.2. The molecule has 0 fully saturated rings. The molecule has 0 saturated heterocycles. The van der Waals surface area contributed by atoms with Crippen LogP contribution in [0.4, 0.5) is 0 Å². The van der Waals surface area contributed by atoms with Gasteiger partial charge in [0, 0.05) is 19.3 Å². The second-order valence-electron chi connectivity index (χ2n) is 19.9. The molecule has 0 saturated carbocycles. The van der Waals surface area contributed by atoms with Gasteiger partial charge in [-0.2, -0.15) is 0 Å². The van der Waals surface area contributed by atoms with Gasteiger partial charge in [0.15, 0.2) is 6.10 Å². The van der Waals surface area contributed by atoms with E-state index in [0.717, 1.165) is 83.5 Å². The Bertz CT molecular complexity index is 1130. The number of hydrogen-bond acceptors (Lipinski definition) is 6. The molecule has 0 aliphatic heterocycles. The van der Waals surface area contributed by atoms with Crippen LogP contribution in [-0.4, -0.2) is 37.2 Å². The lowest BCUT2D eigenvalue weighted by atomic mass is 10.0. The van der Waals surface area contributed by atoms with E-state index in [2.05, 4.69) is 57.2 Å². The standard InChI is InChI=1S/C61H112O6/c1-4-7-10-13-16-19-22-24-26-28-29-30-31-33-34-36-39-42-45-48-51-54-60(63)66-57-58(56-65-59(62)53-50-47-44-41-38-21-18-15-12-9-6-3)67-61(64)55-52-49-46-43-40-37-35-32-27-25-23-20-17-14-11-8-5-2/h17,20,25,27,35,37,58H,4-16,18-19,21-24,26,28-34,36,38-57H2,1-3H3/b20-17-,27-25-,37-35-/t58-/m0/s1. The number of carbonyl (C=O) groups excluding carboxylic acids is 3. The van der Waals surface area contributed by atoms with Crippen molar-refractivity contribution in [1.82, 2.24) is 0 Å². The average Bonchev–Trinajstić information content (AvgIpc) is 3.33. The van der Waals surface area contributed by atoms with E-state index in [1.165, 1.54) is 193 Å². The number of esters is 3. The van der Waals surface area contributed by atoms with Crippen LogP contribution in [-0.2, 0) is 28.6 Å². The van der Waals surface area contributed by atoms with Gasteiger partial charge >= 0.3 is 17.9 Å². The Morgan fingerprint density at radius 3 is 0.866 bits per heavy atom. The lowest BCUT2D eigenvalue weighted by molar-refractivity contribution is -0.167. The summed E-state index contributed by atoms with van der Waals surface area (Å²) in [5.74, 6) is -0.880. The normalized spacial score (nSPS) is 12.2. The largest absolute Gasteiger partial charge is 0.462 e. The molecule has 0 bridgehead atoms. The molecular weight excluding hydrogens is 829 g/mol. The summed E-state index contributed by atoms with van der Waals surface area (Å²) in [7, 11) is 0. The van der Waals surface area contributed by atoms with Crippen molar-refractivity contribution in [2.24, 2.45) is 0 Å². The molecule has 0 aliphatic rings. The topological polar surface area (TPSA) is 78.9 Å². The monoisotopic (exact) mass is 941 g/mol. The minimum atomic E-state index is -0.779. The summed E-state index contributed by atoms with van der Waals surface area (Å²) < 4.78 is 16.9. The summed E-state index contributed by atoms with van der Waals surface area (Å²) >= 11 is 0. The third-order valence-corrected chi connectivity index (χ3v) is 13.1. The molecule has 392 valence electrons. The number of carbonyl (C=O) groups is 3. The van der Waals surface area contributed by atoms with Crippen molar-refractivity contribution in [3.8, 4) is 0 Å². The number of unbranched alkanes of at least 4 members (excludes halogenated alkanes) is 37. The van der Waals surface area contributed by atoms with E-state index in [1.807, 2.05) is 0 Å². The quantitative estimate of drug-likeness (QED) is 0.0262. The molecule has 0 radical (unpaired) electrons. The van der Waals surface area contributed by atoms with Gasteiger partial charge < -0.3 is 14.2 Å². The molecule has 6 nitrogen and oxygen atoms in total. The summed E-state index contributed by atoms with van der Waals surface area (Å²) in [5, 5.41) is 0. The zero-order valence-electron chi connectivity index (χ0n) is 44.9. The van der Waals surface area contributed by atoms with Gasteiger partial charge in [0.25, 0.3) is 0 Å². The van der Waals surface area contributed by atoms with Gasteiger partial charge in [-0.25, -0.2) is 0 Å². The Balaban J connectivity index is 4.29. The van der Waals surface area contributed by atoms with E-state index < -0.39 is 6.10 Å². The maximum absolute atomic E-state index is 12.8. The summed E-state index contributed by atoms with van der Waals surface area (Å²) in [6.45, 7) is 6.63. The van der Waals surface area contributed by atoms with Gasteiger partial charge in [0.1, 0.15) is 13.2 Å². The first kappa shape index (κ1) is 64.6. The molecule has 6 heteroatoms. The molecule has 0 aliphatic carbocycles. The van der Waals surface area contributed by atoms with Gasteiger partial charge in [0.2, 0.25) is 0 Å². The maximum atomic E-state index is 12.8. The van der Waals surface area contributed by atoms with Crippen LogP contribution in [0.15, 0.2) is 36.5 Å². The lowest BCUT2D eigenvalue weighted by Crippen LogP contribution is -2.30. The van der Waals surface area contributed by atoms with Crippen LogP contribution in [0.1, 0.15) is 316 Å². The average molecular weight is 942 g/mol. The summed E-state index contributed by atoms with van der Waals surface area (Å²) in [5.41, 5.74) is 0. The van der Waals surface area contributed by atoms with Crippen molar-refractivity contribution < 1.29 is 28.6 Å². The second-order valence-corrected chi connectivity index (χ2v) is 19.9. The Labute approximate surface area is 416 Å². The van der Waals surface area contributed by atoms with Crippen LogP contribution >= 0.6 is 0 Å². The van der Waals surface area contributed by atoms with Crippen LogP contribution in [0.2, 0.25) is 0 Å². The molecule has 0 unspecified atom stereocenters. The van der Waals surface area contributed by atoms with Gasteiger partial charge in [-0.15, -0.1) is 0 Å². The SMILES string of the molecule is CCCCC/C=C\C/C=C\C/C=C\CCCCCCC(=O)O[C@@H](COC(=O)CCCCCCCCCCCCC)COC(=O)CCCCCCCCCCCCCCCCCCCCCCC. The van der Waals surface area contributed by atoms with Crippen molar-refractivity contribution in [3.63, 3.8) is 0 Å². The van der Waals surface area contributed by atoms with Crippen LogP contribution in [0.5, 0.6) is 0 Å². The van der Waals surface area contributed by atoms with E-state index in [4.69, 9.17) is 14.2 Å². The van der Waals surface area contributed by atoms with Crippen LogP contribution in [0, 0.1) is 0 Å². The molecule has 0 aromatic carbocycles. The number of rotatable bonds is 54. The Hall–Kier alpha value is -2.37. The fourth-order valence-corrected chi connectivity index (χ4v) is 8.69. The Morgan fingerprint density at radius 2 is 0.537 bits per heavy atom. The summed E-state index contributed by atoms with van der Waals surface area (Å²) in [4.78, 5) is 38.1. The molecule has 0 heterocycles. The van der Waals surface area contributed by atoms with Crippen LogP contribution in [0.25, 0.3) is 0 Å². The lowest BCUT2D eigenvalue weighted by Gasteiger charge is -2.18. The van der Waals surface area contributed by atoms with Crippen molar-refractivity contribution in [2.45, 2.75) is 322 Å². The van der Waals surface area contributed by atoms with Crippen molar-refractivity contribution >= 4 is 17.9 Å². The van der Waals surface area contributed by atoms with Gasteiger partial charge in [-0.05, 0) is 57.8 Å². The first-order valence-electron chi connectivity index (χ1n) is 29.5. The molecule has 0 rings (SSSR count). The molecule has 1 atom stereocenters. The highest BCUT2D eigenvalue weighted by atomic mass is 16.6. The van der Waals surface area contributed by atoms with Gasteiger partial charge in [0.05, 0.1) is 0 Å². The smallest absolute Gasteiger partial charge is 0.306 e. The molecule has 67 heavy (non-hydrogen) atoms. The Morgan fingerprint density at radius 1 is 0.299 bits per heavy atom. The molecular formula is C61H112O6. The number of hydrogen-bond donors (Lipinski definition) is 0. The minimum absolute atomic E-state index is 0.0766. The highest BCUT2D eigenvalue weighted by molar-refractivity contribution is 5.71. The predicted molar refractivity (Wildman–Crippen MR) is 289 cm³/mol. The fourth-order valence-electron chi connectivity index (χ4n) is 8.69. The first-order valence-corrected chi connectivity index (χ1v) is 29.5. The van der Waals surface area contributed by atoms with Crippen molar-refractivity contribution in [2.75, 3.05) is 13.2 Å². The van der Waals surface area contributed by atoms with E-state index in [1.54, 1.807) is 0 Å². The highest BCUT2D eigenvalue weighted by Crippen LogP contribution is 2.17. The zero-order chi connectivity index (χ0) is 48.6. The predicted octanol–water partition coefficient (Wildman–Crippen LogP) is 19.7. The first-order chi connectivity index (χ1) is 33.0. The molecule has 0 aromatic rings. The molecule has 0 N–H and O–H groups in total. The van der Waals surface area contributed by atoms with Gasteiger partial charge in [-0.3, -0.25) is 14.4 Å². The zero-order valence-corrected chi connectivity index (χ0v) is 44.9. The second kappa shape index (κ2) is 56.2. The summed E-state index contributed by atoms with van der Waals surface area (Å²) in [6, 6.07) is 0. The van der Waals surface area contributed by atoms with Gasteiger partial charge in [-0.1, -0.05) is 276 Å². The number of ether oxygens (including phenoxy) is 3. The van der Waals surface area contributed by atoms with E-state index in [9.17, 15) is 14.4 Å². The summed E-state index contributed by atoms with van der Waals surface area (Å²) in [6.07, 6.45) is 67.1. The van der Waals surface area contributed by atoms with E-state index in [-0.39, 0.29) is 31.1 Å². The number of allylic oxidation sites excluding steroid dienone is 6. The van der Waals surface area contributed by atoms with Crippen molar-refractivity contribution in [1.29, 1.82) is 0 Å². The van der Waals surface area contributed by atoms with Crippen LogP contribution in [0.3, 0.4) is 0 Å². The minimum Gasteiger partial charge on any atom is -0.462 e. The third-order valence-electron chi connectivity index (χ3n) is 13.1. The molecule has 0 aromatic heterocycles. The maximum Gasteiger partial charge on any atom is 0.306 e.